The quantitative estimate of drug-likeness (QED) is 0.115. The molecule has 4 nitrogen and oxygen atoms in total. The lowest BCUT2D eigenvalue weighted by Crippen LogP contribution is -2.12. The van der Waals surface area contributed by atoms with Crippen molar-refractivity contribution >= 4 is 87.8 Å². The van der Waals surface area contributed by atoms with Crippen LogP contribution in [0.25, 0.3) is 75.7 Å². The van der Waals surface area contributed by atoms with E-state index in [0.29, 0.717) is 5.84 Å². The summed E-state index contributed by atoms with van der Waals surface area (Å²) in [6.45, 7) is 0. The number of hydrogen-bond acceptors (Lipinski definition) is 2. The number of aromatic nitrogens is 1. The number of aliphatic imine (C=N–C) groups is 2. The molecule has 240 valence electrons. The van der Waals surface area contributed by atoms with Crippen LogP contribution in [-0.4, -0.2) is 16.7 Å². The zero-order chi connectivity index (χ0) is 33.9. The fraction of sp³-hybridized carbons (Fsp3) is 0.0213. The first-order valence-corrected chi connectivity index (χ1v) is 17.3. The van der Waals surface area contributed by atoms with Gasteiger partial charge in [-0.05, 0) is 60.8 Å². The van der Waals surface area contributed by atoms with Crippen molar-refractivity contribution in [2.75, 3.05) is 0 Å². The van der Waals surface area contributed by atoms with Gasteiger partial charge in [0.1, 0.15) is 12.5 Å². The third-order valence-electron chi connectivity index (χ3n) is 10.3. The van der Waals surface area contributed by atoms with E-state index in [0.717, 1.165) is 38.3 Å². The van der Waals surface area contributed by atoms with Crippen LogP contribution in [-0.2, 0) is 0 Å². The predicted molar refractivity (Wildman–Crippen MR) is 217 cm³/mol. The Morgan fingerprint density at radius 3 is 1.86 bits per heavy atom. The second-order valence-corrected chi connectivity index (χ2v) is 13.1. The molecule has 9 aromatic carbocycles. The van der Waals surface area contributed by atoms with Crippen molar-refractivity contribution in [3.05, 3.63) is 181 Å². The van der Waals surface area contributed by atoms with E-state index in [-0.39, 0.29) is 0 Å². The molecule has 1 atom stereocenters. The van der Waals surface area contributed by atoms with E-state index in [1.165, 1.54) is 48.5 Å². The number of rotatable bonds is 4. The number of fused-ring (bicyclic) bond motifs is 13. The van der Waals surface area contributed by atoms with Gasteiger partial charge in [0.05, 0.1) is 11.0 Å². The molecule has 0 bridgehead atoms. The number of nitrogens with zero attached hydrogens (tertiary/aromatic N) is 3. The summed E-state index contributed by atoms with van der Waals surface area (Å²) in [5.74, 6) is 0.579. The molecule has 0 amide bonds. The van der Waals surface area contributed by atoms with E-state index in [4.69, 9.17) is 15.7 Å². The van der Waals surface area contributed by atoms with Crippen molar-refractivity contribution < 1.29 is 0 Å². The molecule has 0 saturated carbocycles. The molecule has 51 heavy (non-hydrogen) atoms. The van der Waals surface area contributed by atoms with Gasteiger partial charge in [-0.2, -0.15) is 0 Å². The van der Waals surface area contributed by atoms with Crippen molar-refractivity contribution in [3.8, 4) is 0 Å². The first-order chi connectivity index (χ1) is 25.2. The van der Waals surface area contributed by atoms with Gasteiger partial charge < -0.3 is 5.73 Å². The molecular weight excluding hydrogens is 621 g/mol. The van der Waals surface area contributed by atoms with Gasteiger partial charge in [0.2, 0.25) is 0 Å². The molecule has 1 heterocycles. The molecule has 10 aromatic rings. The Morgan fingerprint density at radius 2 is 1.08 bits per heavy atom. The molecule has 0 aliphatic carbocycles. The van der Waals surface area contributed by atoms with Crippen LogP contribution in [0.1, 0.15) is 17.3 Å². The lowest BCUT2D eigenvalue weighted by molar-refractivity contribution is 0.775. The first kappa shape index (κ1) is 29.3. The minimum atomic E-state index is -0.599. The van der Waals surface area contributed by atoms with Crippen LogP contribution in [0.15, 0.2) is 180 Å². The zero-order valence-electron chi connectivity index (χ0n) is 27.7. The van der Waals surface area contributed by atoms with Crippen molar-refractivity contribution in [1.82, 2.24) is 4.57 Å². The normalized spacial score (nSPS) is 13.2. The third-order valence-corrected chi connectivity index (χ3v) is 10.3. The number of para-hydroxylation sites is 1. The average Bonchev–Trinajstić information content (AvgIpc) is 3.53. The van der Waals surface area contributed by atoms with E-state index in [1.807, 2.05) is 36.7 Å². The Morgan fingerprint density at radius 1 is 0.490 bits per heavy atom. The number of benzene rings is 9. The fourth-order valence-corrected chi connectivity index (χ4v) is 7.97. The van der Waals surface area contributed by atoms with Crippen molar-refractivity contribution in [1.29, 1.82) is 0 Å². The van der Waals surface area contributed by atoms with E-state index >= 15 is 0 Å². The number of nitrogens with two attached hydrogens (primary N) is 1. The molecule has 0 radical (unpaired) electrons. The SMILES string of the molecule is NC(N=C(N=Cn1c2ccccc2c2c3c4ccccc4ccc3c3ccccc3c21)c1cc2ccccc2c2ccccc12)c1ccccc1. The van der Waals surface area contributed by atoms with Crippen LogP contribution in [0.2, 0.25) is 0 Å². The lowest BCUT2D eigenvalue weighted by atomic mass is 9.93. The van der Waals surface area contributed by atoms with Gasteiger partial charge in [0, 0.05) is 27.1 Å². The van der Waals surface area contributed by atoms with Gasteiger partial charge in [0.15, 0.2) is 5.84 Å². The van der Waals surface area contributed by atoms with Crippen LogP contribution in [0.3, 0.4) is 0 Å². The highest BCUT2D eigenvalue weighted by molar-refractivity contribution is 6.37. The molecule has 0 saturated heterocycles. The van der Waals surface area contributed by atoms with E-state index in [2.05, 4.69) is 144 Å². The summed E-state index contributed by atoms with van der Waals surface area (Å²) in [7, 11) is 0. The molecule has 1 aromatic heterocycles. The summed E-state index contributed by atoms with van der Waals surface area (Å²) in [5.41, 5.74) is 10.9. The Labute approximate surface area is 294 Å². The molecule has 0 spiro atoms. The molecule has 1 unspecified atom stereocenters. The topological polar surface area (TPSA) is 55.7 Å². The Hall–Kier alpha value is -6.62. The van der Waals surface area contributed by atoms with Gasteiger partial charge in [-0.3, -0.25) is 4.57 Å². The summed E-state index contributed by atoms with van der Waals surface area (Å²) in [6, 6.07) is 59.8. The molecule has 4 heteroatoms. The highest BCUT2D eigenvalue weighted by Gasteiger charge is 2.19. The fourth-order valence-electron chi connectivity index (χ4n) is 7.97. The summed E-state index contributed by atoms with van der Waals surface area (Å²) in [6.07, 6.45) is 1.35. The summed E-state index contributed by atoms with van der Waals surface area (Å²) in [4.78, 5) is 10.5. The molecule has 0 aliphatic heterocycles. The van der Waals surface area contributed by atoms with Crippen LogP contribution in [0.4, 0.5) is 0 Å². The summed E-state index contributed by atoms with van der Waals surface area (Å²) in [5, 5.41) is 14.3. The minimum absolute atomic E-state index is 0.579. The molecule has 0 aliphatic rings. The maximum atomic E-state index is 6.84. The standard InChI is InChI=1S/C47H32N4/c48-46(31-15-2-1-3-16-31)50-47(41-28-32-17-5-6-18-33(32)35-20-8-9-21-36(35)41)49-29-51-42-25-13-12-24-40(42)44-43-34-19-7-4-14-30(34)26-27-38(43)37-22-10-11-23-39(37)45(44)51/h1-29,46H,48H2. The van der Waals surface area contributed by atoms with Crippen molar-refractivity contribution in [2.24, 2.45) is 15.7 Å². The maximum absolute atomic E-state index is 6.84. The maximum Gasteiger partial charge on any atom is 0.158 e. The minimum Gasteiger partial charge on any atom is -0.306 e. The highest BCUT2D eigenvalue weighted by Crippen LogP contribution is 2.43. The highest BCUT2D eigenvalue weighted by atomic mass is 15.1. The van der Waals surface area contributed by atoms with Crippen LogP contribution in [0.5, 0.6) is 0 Å². The van der Waals surface area contributed by atoms with Crippen LogP contribution >= 0.6 is 0 Å². The second kappa shape index (κ2) is 11.8. The average molecular weight is 653 g/mol. The monoisotopic (exact) mass is 652 g/mol. The van der Waals surface area contributed by atoms with Gasteiger partial charge in [-0.1, -0.05) is 158 Å². The van der Waals surface area contributed by atoms with Gasteiger partial charge in [0.25, 0.3) is 0 Å². The van der Waals surface area contributed by atoms with Crippen molar-refractivity contribution in [3.63, 3.8) is 0 Å². The van der Waals surface area contributed by atoms with Gasteiger partial charge >= 0.3 is 0 Å². The largest absolute Gasteiger partial charge is 0.306 e. The van der Waals surface area contributed by atoms with Gasteiger partial charge in [-0.15, -0.1) is 0 Å². The Balaban J connectivity index is 1.30. The lowest BCUT2D eigenvalue weighted by Gasteiger charge is -2.14. The Kier molecular flexibility index (Phi) is 6.76. The second-order valence-electron chi connectivity index (χ2n) is 13.1. The Bertz CT molecular complexity index is 3040. The zero-order valence-corrected chi connectivity index (χ0v) is 27.7. The predicted octanol–water partition coefficient (Wildman–Crippen LogP) is 11.5. The van der Waals surface area contributed by atoms with Crippen LogP contribution < -0.4 is 5.73 Å². The summed E-state index contributed by atoms with van der Waals surface area (Å²) >= 11 is 0. The smallest absolute Gasteiger partial charge is 0.158 e. The number of hydrogen-bond donors (Lipinski definition) is 1. The van der Waals surface area contributed by atoms with Crippen LogP contribution in [0, 0.1) is 0 Å². The van der Waals surface area contributed by atoms with E-state index in [9.17, 15) is 0 Å². The van der Waals surface area contributed by atoms with Crippen molar-refractivity contribution in [2.45, 2.75) is 6.17 Å². The van der Waals surface area contributed by atoms with E-state index < -0.39 is 6.17 Å². The molecule has 10 rings (SSSR count). The number of amidine groups is 1. The first-order valence-electron chi connectivity index (χ1n) is 17.3. The third kappa shape index (κ3) is 4.65. The van der Waals surface area contributed by atoms with Gasteiger partial charge in [-0.25, -0.2) is 9.98 Å². The summed E-state index contributed by atoms with van der Waals surface area (Å²) < 4.78 is 2.25. The molecule has 2 N–H and O–H groups in total. The molecule has 0 fully saturated rings. The van der Waals surface area contributed by atoms with E-state index in [1.54, 1.807) is 0 Å². The molecular formula is C47H32N4.